The summed E-state index contributed by atoms with van der Waals surface area (Å²) in [5.41, 5.74) is 0. The Kier molecular flexibility index (Phi) is 6.09. The Balaban J connectivity index is 3.81. The quantitative estimate of drug-likeness (QED) is 0.443. The number of amides is 2. The Morgan fingerprint density at radius 2 is 1.88 bits per heavy atom. The summed E-state index contributed by atoms with van der Waals surface area (Å²) in [7, 11) is 0. The summed E-state index contributed by atoms with van der Waals surface area (Å²) in [6.45, 7) is 2.83. The second-order valence-electron chi connectivity index (χ2n) is 3.36. The Bertz CT molecular complexity index is 279. The fourth-order valence-corrected chi connectivity index (χ4v) is 0.979. The van der Waals surface area contributed by atoms with Crippen molar-refractivity contribution in [1.29, 1.82) is 0 Å². The third-order valence-electron chi connectivity index (χ3n) is 1.82. The third kappa shape index (κ3) is 5.97. The van der Waals surface area contributed by atoms with Crippen LogP contribution in [0.5, 0.6) is 0 Å². The van der Waals surface area contributed by atoms with Gasteiger partial charge in [0.05, 0.1) is 0 Å². The predicted molar refractivity (Wildman–Crippen MR) is 54.5 cm³/mol. The second-order valence-corrected chi connectivity index (χ2v) is 3.36. The zero-order chi connectivity index (χ0) is 12.7. The van der Waals surface area contributed by atoms with Gasteiger partial charge in [-0.15, -0.1) is 0 Å². The molecule has 0 saturated carbocycles. The van der Waals surface area contributed by atoms with Gasteiger partial charge in [0.25, 0.3) is 0 Å². The number of carbonyl (C=O) groups excluding carboxylic acids is 2. The van der Waals surface area contributed by atoms with Crippen molar-refractivity contribution >= 4 is 17.8 Å². The summed E-state index contributed by atoms with van der Waals surface area (Å²) < 4.78 is 0. The Labute approximate surface area is 92.8 Å². The first kappa shape index (κ1) is 14.4. The molecule has 92 valence electrons. The van der Waals surface area contributed by atoms with E-state index in [1.165, 1.54) is 13.8 Å². The molecule has 2 amide bonds. The minimum atomic E-state index is -1.49. The van der Waals surface area contributed by atoms with E-state index in [1.54, 1.807) is 0 Å². The average Bonchev–Trinajstić information content (AvgIpc) is 2.15. The lowest BCUT2D eigenvalue weighted by molar-refractivity contribution is -0.147. The maximum Gasteiger partial charge on any atom is 0.332 e. The highest BCUT2D eigenvalue weighted by atomic mass is 16.4. The molecule has 0 bridgehead atoms. The molecule has 0 aliphatic heterocycles. The van der Waals surface area contributed by atoms with Gasteiger partial charge in [-0.2, -0.15) is 0 Å². The summed E-state index contributed by atoms with van der Waals surface area (Å²) in [5.74, 6) is -2.08. The number of nitrogens with one attached hydrogen (secondary N) is 2. The Morgan fingerprint density at radius 1 is 1.31 bits per heavy atom. The number of hydrogen-bond donors (Lipinski definition) is 4. The van der Waals surface area contributed by atoms with Gasteiger partial charge >= 0.3 is 5.97 Å². The Morgan fingerprint density at radius 3 is 2.31 bits per heavy atom. The molecule has 0 radical (unpaired) electrons. The van der Waals surface area contributed by atoms with Crippen LogP contribution in [-0.4, -0.2) is 46.7 Å². The first-order chi connectivity index (χ1) is 7.34. The van der Waals surface area contributed by atoms with E-state index >= 15 is 0 Å². The van der Waals surface area contributed by atoms with Crippen LogP contribution in [0.1, 0.15) is 20.3 Å². The number of aliphatic carboxylic acids is 1. The smallest absolute Gasteiger partial charge is 0.332 e. The van der Waals surface area contributed by atoms with Crippen LogP contribution in [-0.2, 0) is 14.4 Å². The van der Waals surface area contributed by atoms with Crippen molar-refractivity contribution in [3.05, 3.63) is 0 Å². The molecule has 0 aliphatic carbocycles. The van der Waals surface area contributed by atoms with Gasteiger partial charge in [-0.1, -0.05) is 0 Å². The molecule has 0 saturated heterocycles. The summed E-state index contributed by atoms with van der Waals surface area (Å²) in [6, 6.07) is -0.681. The van der Waals surface area contributed by atoms with Crippen LogP contribution < -0.4 is 10.6 Å². The van der Waals surface area contributed by atoms with E-state index in [4.69, 9.17) is 10.2 Å². The van der Waals surface area contributed by atoms with E-state index in [0.29, 0.717) is 0 Å². The van der Waals surface area contributed by atoms with Gasteiger partial charge in [0.1, 0.15) is 6.04 Å². The van der Waals surface area contributed by atoms with Crippen molar-refractivity contribution in [2.75, 3.05) is 6.54 Å². The molecule has 0 rings (SSSR count). The largest absolute Gasteiger partial charge is 0.479 e. The highest BCUT2D eigenvalue weighted by Gasteiger charge is 2.15. The lowest BCUT2D eigenvalue weighted by Crippen LogP contribution is -2.44. The van der Waals surface area contributed by atoms with Crippen LogP contribution in [0, 0.1) is 0 Å². The van der Waals surface area contributed by atoms with E-state index in [1.807, 2.05) is 0 Å². The van der Waals surface area contributed by atoms with Crippen LogP contribution in [0.4, 0.5) is 0 Å². The molecule has 7 heteroatoms. The number of aliphatic hydroxyl groups is 1. The van der Waals surface area contributed by atoms with E-state index in [2.05, 4.69) is 10.6 Å². The van der Waals surface area contributed by atoms with Gasteiger partial charge in [0.2, 0.25) is 11.8 Å². The van der Waals surface area contributed by atoms with E-state index in [-0.39, 0.29) is 18.9 Å². The molecule has 0 aliphatic rings. The molecule has 1 unspecified atom stereocenters. The fraction of sp³-hybridized carbons (Fsp3) is 0.667. The molecule has 16 heavy (non-hydrogen) atoms. The monoisotopic (exact) mass is 232 g/mol. The highest BCUT2D eigenvalue weighted by Crippen LogP contribution is 1.90. The number of rotatable bonds is 6. The molecule has 0 fully saturated rings. The van der Waals surface area contributed by atoms with Crippen molar-refractivity contribution < 1.29 is 24.6 Å². The number of hydrogen-bond acceptors (Lipinski definition) is 4. The Hall–Kier alpha value is -1.63. The predicted octanol–water partition coefficient (Wildman–Crippen LogP) is -1.54. The first-order valence-electron chi connectivity index (χ1n) is 4.80. The number of aliphatic hydroxyl groups excluding tert-OH is 1. The molecule has 0 heterocycles. The summed E-state index contributed by atoms with van der Waals surface area (Å²) in [5, 5.41) is 22.0. The molecule has 0 aromatic carbocycles. The molecule has 2 atom stereocenters. The molecular weight excluding hydrogens is 216 g/mol. The minimum absolute atomic E-state index is 0.0379. The molecule has 0 aromatic rings. The third-order valence-corrected chi connectivity index (χ3v) is 1.82. The average molecular weight is 232 g/mol. The highest BCUT2D eigenvalue weighted by molar-refractivity contribution is 5.86. The van der Waals surface area contributed by atoms with Crippen LogP contribution in [0.25, 0.3) is 0 Å². The van der Waals surface area contributed by atoms with Gasteiger partial charge < -0.3 is 20.8 Å². The van der Waals surface area contributed by atoms with Crippen LogP contribution in [0.2, 0.25) is 0 Å². The molecule has 4 N–H and O–H groups in total. The van der Waals surface area contributed by atoms with E-state index < -0.39 is 24.0 Å². The lowest BCUT2D eigenvalue weighted by Gasteiger charge is -2.13. The maximum absolute atomic E-state index is 11.3. The van der Waals surface area contributed by atoms with E-state index in [0.717, 1.165) is 0 Å². The van der Waals surface area contributed by atoms with Crippen molar-refractivity contribution in [2.24, 2.45) is 0 Å². The van der Waals surface area contributed by atoms with Gasteiger partial charge in [-0.25, -0.2) is 4.79 Å². The topological polar surface area (TPSA) is 116 Å². The lowest BCUT2D eigenvalue weighted by atomic mass is 10.2. The van der Waals surface area contributed by atoms with Crippen LogP contribution in [0.15, 0.2) is 0 Å². The second kappa shape index (κ2) is 6.78. The minimum Gasteiger partial charge on any atom is -0.479 e. The molecule has 0 spiro atoms. The normalized spacial score (nSPS) is 13.7. The standard InChI is InChI=1S/C9H16N2O5/c1-5(11-6(2)12)8(14)10-4-3-7(13)9(15)16/h5,7,13H,3-4H2,1-2H3,(H,10,14)(H,11,12)(H,15,16)/t5?,7-/m0/s1. The molecule has 7 nitrogen and oxygen atoms in total. The van der Waals surface area contributed by atoms with Gasteiger partial charge in [0.15, 0.2) is 6.10 Å². The number of carbonyl (C=O) groups is 3. The van der Waals surface area contributed by atoms with Crippen molar-refractivity contribution in [3.8, 4) is 0 Å². The van der Waals surface area contributed by atoms with Crippen LogP contribution >= 0.6 is 0 Å². The van der Waals surface area contributed by atoms with Crippen molar-refractivity contribution in [2.45, 2.75) is 32.4 Å². The fourth-order valence-electron chi connectivity index (χ4n) is 0.979. The summed E-state index contributed by atoms with van der Waals surface area (Å²) >= 11 is 0. The van der Waals surface area contributed by atoms with Crippen LogP contribution in [0.3, 0.4) is 0 Å². The molecular formula is C9H16N2O5. The first-order valence-corrected chi connectivity index (χ1v) is 4.80. The van der Waals surface area contributed by atoms with Crippen molar-refractivity contribution in [1.82, 2.24) is 10.6 Å². The van der Waals surface area contributed by atoms with Gasteiger partial charge in [0, 0.05) is 19.9 Å². The number of carboxylic acids is 1. The molecule has 0 aromatic heterocycles. The summed E-state index contributed by atoms with van der Waals surface area (Å²) in [4.78, 5) is 32.1. The van der Waals surface area contributed by atoms with Gasteiger partial charge in [-0.3, -0.25) is 9.59 Å². The maximum atomic E-state index is 11.3. The van der Waals surface area contributed by atoms with Crippen molar-refractivity contribution in [3.63, 3.8) is 0 Å². The zero-order valence-electron chi connectivity index (χ0n) is 9.19. The zero-order valence-corrected chi connectivity index (χ0v) is 9.19. The SMILES string of the molecule is CC(=O)NC(C)C(=O)NCC[C@H](O)C(=O)O. The van der Waals surface area contributed by atoms with Gasteiger partial charge in [-0.05, 0) is 6.92 Å². The summed E-state index contributed by atoms with van der Waals surface area (Å²) in [6.07, 6.45) is -1.57. The number of carboxylic acid groups (broad SMARTS) is 1. The van der Waals surface area contributed by atoms with E-state index in [9.17, 15) is 14.4 Å².